The molecule has 1 heterocycles. The predicted octanol–water partition coefficient (Wildman–Crippen LogP) is 3.84. The van der Waals surface area contributed by atoms with Crippen LogP contribution in [0.5, 0.6) is 0 Å². The Bertz CT molecular complexity index is 331. The number of benzene rings is 1. The molecule has 1 aliphatic rings. The van der Waals surface area contributed by atoms with Crippen molar-refractivity contribution < 1.29 is 0 Å². The minimum absolute atomic E-state index is 1.09. The highest BCUT2D eigenvalue weighted by Gasteiger charge is 2.11. The summed E-state index contributed by atoms with van der Waals surface area (Å²) in [7, 11) is 0. The number of thioether (sulfide) groups is 1. The molecule has 0 unspecified atom stereocenters. The number of unbranched alkanes of at least 4 members (excludes halogenated alkanes) is 1. The first-order valence-corrected chi connectivity index (χ1v) is 8.37. The second-order valence-corrected chi connectivity index (χ2v) is 5.85. The van der Waals surface area contributed by atoms with Crippen LogP contribution in [-0.2, 0) is 0 Å². The van der Waals surface area contributed by atoms with E-state index in [1.807, 2.05) is 11.8 Å². The molecule has 2 nitrogen and oxygen atoms in total. The number of hydrogen-bond acceptors (Lipinski definition) is 3. The van der Waals surface area contributed by atoms with Gasteiger partial charge in [0.25, 0.3) is 0 Å². The lowest BCUT2D eigenvalue weighted by molar-refractivity contribution is 0.843. The minimum Gasteiger partial charge on any atom is -0.385 e. The fraction of sp³-hybridized carbons (Fsp3) is 0.600. The van der Waals surface area contributed by atoms with Gasteiger partial charge in [0.15, 0.2) is 0 Å². The summed E-state index contributed by atoms with van der Waals surface area (Å²) in [5.74, 6) is 1.27. The van der Waals surface area contributed by atoms with E-state index < -0.39 is 0 Å². The summed E-state index contributed by atoms with van der Waals surface area (Å²) in [5, 5.41) is 3.49. The molecule has 0 aliphatic carbocycles. The lowest BCUT2D eigenvalue weighted by Crippen LogP contribution is -2.17. The molecule has 0 saturated carbocycles. The van der Waals surface area contributed by atoms with E-state index in [-0.39, 0.29) is 0 Å². The summed E-state index contributed by atoms with van der Waals surface area (Å²) < 4.78 is 0. The molecule has 3 heteroatoms. The van der Waals surface area contributed by atoms with Crippen molar-refractivity contribution >= 4 is 23.1 Å². The highest BCUT2D eigenvalue weighted by Crippen LogP contribution is 2.21. The predicted molar refractivity (Wildman–Crippen MR) is 84.0 cm³/mol. The number of anilines is 2. The largest absolute Gasteiger partial charge is 0.385 e. The zero-order chi connectivity index (χ0) is 12.6. The Morgan fingerprint density at radius 1 is 1.11 bits per heavy atom. The van der Waals surface area contributed by atoms with Crippen LogP contribution in [-0.4, -0.2) is 31.6 Å². The van der Waals surface area contributed by atoms with Crippen LogP contribution < -0.4 is 10.2 Å². The monoisotopic (exact) mass is 264 g/mol. The average molecular weight is 264 g/mol. The molecule has 1 saturated heterocycles. The Balaban J connectivity index is 1.73. The van der Waals surface area contributed by atoms with Gasteiger partial charge in [-0.3, -0.25) is 0 Å². The fourth-order valence-electron chi connectivity index (χ4n) is 2.37. The van der Waals surface area contributed by atoms with Crippen molar-refractivity contribution in [2.75, 3.05) is 41.9 Å². The van der Waals surface area contributed by atoms with Gasteiger partial charge in [0.2, 0.25) is 0 Å². The third-order valence-corrected chi connectivity index (χ3v) is 4.14. The zero-order valence-electron chi connectivity index (χ0n) is 11.3. The van der Waals surface area contributed by atoms with Crippen LogP contribution in [0, 0.1) is 0 Å². The Morgan fingerprint density at radius 3 is 2.50 bits per heavy atom. The minimum atomic E-state index is 1.09. The van der Waals surface area contributed by atoms with Crippen molar-refractivity contribution in [2.45, 2.75) is 25.7 Å². The van der Waals surface area contributed by atoms with E-state index in [2.05, 4.69) is 40.7 Å². The maximum Gasteiger partial charge on any atom is 0.0367 e. The van der Waals surface area contributed by atoms with Crippen LogP contribution in [0.2, 0.25) is 0 Å². The molecule has 0 radical (unpaired) electrons. The quantitative estimate of drug-likeness (QED) is 0.753. The average Bonchev–Trinajstić information content (AvgIpc) is 2.93. The summed E-state index contributed by atoms with van der Waals surface area (Å²) in [6.07, 6.45) is 7.42. The van der Waals surface area contributed by atoms with E-state index >= 15 is 0 Å². The summed E-state index contributed by atoms with van der Waals surface area (Å²) >= 11 is 1.93. The van der Waals surface area contributed by atoms with Gasteiger partial charge in [-0.15, -0.1) is 0 Å². The molecule has 1 N–H and O–H groups in total. The van der Waals surface area contributed by atoms with Gasteiger partial charge in [-0.1, -0.05) is 0 Å². The molecule has 2 rings (SSSR count). The number of nitrogens with zero attached hydrogens (tertiary/aromatic N) is 1. The van der Waals surface area contributed by atoms with Crippen molar-refractivity contribution in [2.24, 2.45) is 0 Å². The molecule has 0 bridgehead atoms. The van der Waals surface area contributed by atoms with E-state index in [1.54, 1.807) is 0 Å². The molecule has 0 amide bonds. The van der Waals surface area contributed by atoms with E-state index in [4.69, 9.17) is 0 Å². The van der Waals surface area contributed by atoms with Crippen LogP contribution in [0.1, 0.15) is 25.7 Å². The first-order chi connectivity index (χ1) is 8.90. The molecule has 18 heavy (non-hydrogen) atoms. The summed E-state index contributed by atoms with van der Waals surface area (Å²) in [6, 6.07) is 8.91. The molecule has 0 spiro atoms. The van der Waals surface area contributed by atoms with Gasteiger partial charge in [-0.25, -0.2) is 0 Å². The second-order valence-electron chi connectivity index (χ2n) is 4.87. The molecule has 1 aliphatic heterocycles. The number of hydrogen-bond donors (Lipinski definition) is 1. The van der Waals surface area contributed by atoms with Gasteiger partial charge >= 0.3 is 0 Å². The molecule has 100 valence electrons. The number of nitrogens with one attached hydrogen (secondary N) is 1. The SMILES string of the molecule is CSCCCCNc1ccc(N2CCCC2)cc1. The van der Waals surface area contributed by atoms with Gasteiger partial charge in [0.05, 0.1) is 0 Å². The maximum absolute atomic E-state index is 3.49. The van der Waals surface area contributed by atoms with Crippen LogP contribution in [0.4, 0.5) is 11.4 Å². The van der Waals surface area contributed by atoms with E-state index in [1.165, 1.54) is 55.9 Å². The summed E-state index contributed by atoms with van der Waals surface area (Å²) in [4.78, 5) is 2.47. The van der Waals surface area contributed by atoms with Crippen LogP contribution >= 0.6 is 11.8 Å². The molecule has 0 aromatic heterocycles. The first kappa shape index (κ1) is 13.6. The molecule has 1 aromatic rings. The second kappa shape index (κ2) is 7.57. The zero-order valence-corrected chi connectivity index (χ0v) is 12.1. The lowest BCUT2D eigenvalue weighted by atomic mass is 10.2. The van der Waals surface area contributed by atoms with Crippen LogP contribution in [0.15, 0.2) is 24.3 Å². The fourth-order valence-corrected chi connectivity index (χ4v) is 2.86. The van der Waals surface area contributed by atoms with Gasteiger partial charge in [-0.05, 0) is 62.0 Å². The van der Waals surface area contributed by atoms with E-state index in [9.17, 15) is 0 Å². The van der Waals surface area contributed by atoms with Gasteiger partial charge in [-0.2, -0.15) is 11.8 Å². The Kier molecular flexibility index (Phi) is 5.72. The van der Waals surface area contributed by atoms with Crippen molar-refractivity contribution in [3.05, 3.63) is 24.3 Å². The Labute approximate surface area is 115 Å². The molecular weight excluding hydrogens is 240 g/mol. The van der Waals surface area contributed by atoms with Crippen molar-refractivity contribution in [3.8, 4) is 0 Å². The van der Waals surface area contributed by atoms with Crippen molar-refractivity contribution in [3.63, 3.8) is 0 Å². The molecule has 1 fully saturated rings. The topological polar surface area (TPSA) is 15.3 Å². The lowest BCUT2D eigenvalue weighted by Gasteiger charge is -2.18. The first-order valence-electron chi connectivity index (χ1n) is 6.98. The summed E-state index contributed by atoms with van der Waals surface area (Å²) in [6.45, 7) is 3.53. The standard InChI is InChI=1S/C15H24N2S/c1-18-13-5-2-10-16-14-6-8-15(9-7-14)17-11-3-4-12-17/h6-9,16H,2-5,10-13H2,1H3. The Hall–Kier alpha value is -0.830. The summed E-state index contributed by atoms with van der Waals surface area (Å²) in [5.41, 5.74) is 2.63. The third-order valence-electron chi connectivity index (χ3n) is 3.44. The highest BCUT2D eigenvalue weighted by atomic mass is 32.2. The molecule has 1 aromatic carbocycles. The highest BCUT2D eigenvalue weighted by molar-refractivity contribution is 7.98. The van der Waals surface area contributed by atoms with E-state index in [0.717, 1.165) is 6.54 Å². The van der Waals surface area contributed by atoms with Crippen molar-refractivity contribution in [1.29, 1.82) is 0 Å². The van der Waals surface area contributed by atoms with Crippen LogP contribution in [0.3, 0.4) is 0 Å². The van der Waals surface area contributed by atoms with Gasteiger partial charge in [0.1, 0.15) is 0 Å². The maximum atomic E-state index is 3.49. The third kappa shape index (κ3) is 4.13. The molecule has 0 atom stereocenters. The number of rotatable bonds is 7. The smallest absolute Gasteiger partial charge is 0.0367 e. The van der Waals surface area contributed by atoms with Gasteiger partial charge in [0, 0.05) is 31.0 Å². The molecular formula is C15H24N2S. The van der Waals surface area contributed by atoms with Crippen LogP contribution in [0.25, 0.3) is 0 Å². The normalized spacial score (nSPS) is 15.1. The van der Waals surface area contributed by atoms with Gasteiger partial charge < -0.3 is 10.2 Å². The Morgan fingerprint density at radius 2 is 1.83 bits per heavy atom. The van der Waals surface area contributed by atoms with E-state index in [0.29, 0.717) is 0 Å². The van der Waals surface area contributed by atoms with Crippen molar-refractivity contribution in [1.82, 2.24) is 0 Å².